The van der Waals surface area contributed by atoms with Crippen molar-refractivity contribution in [1.82, 2.24) is 19.2 Å². The predicted molar refractivity (Wildman–Crippen MR) is 257 cm³/mol. The molecular weight excluding hydrogens is 917 g/mol. The fourth-order valence-corrected chi connectivity index (χ4v) is 10.3. The summed E-state index contributed by atoms with van der Waals surface area (Å²) in [4.78, 5) is 41.9. The lowest BCUT2D eigenvalue weighted by molar-refractivity contribution is -0.144. The molecule has 372 valence electrons. The van der Waals surface area contributed by atoms with Crippen LogP contribution in [0.2, 0.25) is 0 Å². The molecule has 6 N–H and O–H groups in total. The first-order valence-corrected chi connectivity index (χ1v) is 25.3. The average Bonchev–Trinajstić information content (AvgIpc) is 3.79. The largest absolute Gasteiger partial charge is 0.444 e. The van der Waals surface area contributed by atoms with E-state index < -0.39 is 93.5 Å². The van der Waals surface area contributed by atoms with Crippen molar-refractivity contribution in [1.29, 1.82) is 0 Å². The van der Waals surface area contributed by atoms with Gasteiger partial charge in [0.15, 0.2) is 0 Å². The number of nitrogens with zero attached hydrogens (tertiary/aromatic N) is 3. The molecule has 0 bridgehead atoms. The van der Waals surface area contributed by atoms with Gasteiger partial charge < -0.3 is 36.1 Å². The molecule has 68 heavy (non-hydrogen) atoms. The van der Waals surface area contributed by atoms with E-state index in [0.717, 1.165) is 0 Å². The van der Waals surface area contributed by atoms with Crippen LogP contribution in [0.15, 0.2) is 119 Å². The van der Waals surface area contributed by atoms with Crippen LogP contribution < -0.4 is 16.8 Å². The summed E-state index contributed by atoms with van der Waals surface area (Å²) in [5, 5.41) is 15.3. The molecule has 1 aliphatic rings. The predicted octanol–water partition coefficient (Wildman–Crippen LogP) is 5.92. The van der Waals surface area contributed by atoms with Crippen molar-refractivity contribution >= 4 is 43.6 Å². The van der Waals surface area contributed by atoms with Crippen LogP contribution in [-0.2, 0) is 56.8 Å². The van der Waals surface area contributed by atoms with Crippen LogP contribution in [-0.4, -0.2) is 122 Å². The van der Waals surface area contributed by atoms with E-state index >= 15 is 4.79 Å². The number of anilines is 2. The second-order valence-corrected chi connectivity index (χ2v) is 21.7. The van der Waals surface area contributed by atoms with Crippen LogP contribution in [0, 0.1) is 0 Å². The Morgan fingerprint density at radius 3 is 1.71 bits per heavy atom. The van der Waals surface area contributed by atoms with Crippen LogP contribution in [0.3, 0.4) is 0 Å². The maximum absolute atomic E-state index is 15.4. The molecule has 4 aromatic carbocycles. The number of carbonyl (C=O) groups is 2. The van der Waals surface area contributed by atoms with E-state index in [1.165, 1.54) is 53.4 Å². The molecule has 1 fully saturated rings. The smallest absolute Gasteiger partial charge is 0.410 e. The van der Waals surface area contributed by atoms with Gasteiger partial charge in [-0.05, 0) is 115 Å². The Bertz CT molecular complexity index is 2470. The third-order valence-electron chi connectivity index (χ3n) is 10.5. The van der Waals surface area contributed by atoms with Gasteiger partial charge in [0.05, 0.1) is 65.9 Å². The minimum Gasteiger partial charge on any atom is -0.444 e. The fourth-order valence-electron chi connectivity index (χ4n) is 7.48. The lowest BCUT2D eigenvalue weighted by atomic mass is 9.97. The normalized spacial score (nSPS) is 16.4. The van der Waals surface area contributed by atoms with Gasteiger partial charge in [0.1, 0.15) is 11.7 Å². The first kappa shape index (κ1) is 53.6. The molecule has 0 saturated carbocycles. The maximum Gasteiger partial charge on any atom is 0.410 e. The number of rotatable bonds is 22. The Morgan fingerprint density at radius 1 is 0.750 bits per heavy atom. The van der Waals surface area contributed by atoms with E-state index in [4.69, 9.17) is 35.4 Å². The quantitative estimate of drug-likeness (QED) is 0.0528. The van der Waals surface area contributed by atoms with Crippen LogP contribution in [0.5, 0.6) is 0 Å². The zero-order valence-electron chi connectivity index (χ0n) is 39.6. The Balaban J connectivity index is 1.65. The highest BCUT2D eigenvalue weighted by Gasteiger charge is 2.44. The monoisotopic (exact) mass is 982 g/mol. The number of benzene rings is 4. The van der Waals surface area contributed by atoms with E-state index in [9.17, 15) is 26.7 Å². The molecule has 5 atom stereocenters. The standard InChI is InChI=1S/C48H66N6O12S2/c1-33(2)65-52(67(58,59)40-22-14-20-37(49)28-40)30-44(55)43(27-36-18-12-9-13-19-36)54(39-24-25-62-32-39)47(57)63-45(31-53(66-34(3)4)68(60,61)41-23-15-21-38(50)29-41)42(26-35-16-10-8-11-17-35)51-46(56)64-48(5,6)7/h8-23,28-29,33-34,39,42-45,55H,24-27,30-32,49-50H2,1-7H3,(H,51,56)/t39-,42?,43-,44-,45?/m0/s1. The van der Waals surface area contributed by atoms with Gasteiger partial charge >= 0.3 is 12.2 Å². The van der Waals surface area contributed by atoms with Crippen LogP contribution in [0.25, 0.3) is 0 Å². The lowest BCUT2D eigenvalue weighted by Gasteiger charge is -2.40. The summed E-state index contributed by atoms with van der Waals surface area (Å²) in [5.74, 6) is 0. The Kier molecular flexibility index (Phi) is 18.8. The first-order valence-electron chi connectivity index (χ1n) is 22.5. The molecule has 0 aromatic heterocycles. The lowest BCUT2D eigenvalue weighted by Crippen LogP contribution is -2.59. The van der Waals surface area contributed by atoms with Gasteiger partial charge in [-0.1, -0.05) is 81.7 Å². The molecule has 0 spiro atoms. The van der Waals surface area contributed by atoms with Gasteiger partial charge in [0.2, 0.25) is 0 Å². The second kappa shape index (κ2) is 23.8. The summed E-state index contributed by atoms with van der Waals surface area (Å²) < 4.78 is 76.8. The number of aliphatic hydroxyl groups is 1. The minimum atomic E-state index is -4.54. The molecule has 1 heterocycles. The molecule has 0 aliphatic carbocycles. The number of sulfonamides is 2. The zero-order chi connectivity index (χ0) is 49.8. The van der Waals surface area contributed by atoms with E-state index in [-0.39, 0.29) is 47.2 Å². The zero-order valence-corrected chi connectivity index (χ0v) is 41.3. The number of nitrogen functional groups attached to an aromatic ring is 2. The molecular formula is C48H66N6O12S2. The Labute approximate surface area is 400 Å². The van der Waals surface area contributed by atoms with Gasteiger partial charge in [0, 0.05) is 18.0 Å². The highest BCUT2D eigenvalue weighted by molar-refractivity contribution is 7.89. The van der Waals surface area contributed by atoms with Crippen LogP contribution >= 0.6 is 0 Å². The van der Waals surface area contributed by atoms with Crippen molar-refractivity contribution in [2.45, 2.75) is 126 Å². The van der Waals surface area contributed by atoms with Crippen LogP contribution in [0.4, 0.5) is 21.0 Å². The molecule has 18 nitrogen and oxygen atoms in total. The average molecular weight is 983 g/mol. The number of alkyl carbamates (subject to hydrolysis) is 1. The van der Waals surface area contributed by atoms with Crippen molar-refractivity contribution in [3.63, 3.8) is 0 Å². The van der Waals surface area contributed by atoms with Gasteiger partial charge in [-0.25, -0.2) is 26.4 Å². The molecule has 0 radical (unpaired) electrons. The molecule has 2 amide bonds. The molecule has 20 heteroatoms. The number of nitrogens with two attached hydrogens (primary N) is 2. The van der Waals surface area contributed by atoms with E-state index in [2.05, 4.69) is 5.32 Å². The summed E-state index contributed by atoms with van der Waals surface area (Å²) in [5.41, 5.74) is 12.8. The van der Waals surface area contributed by atoms with E-state index in [0.29, 0.717) is 26.5 Å². The second-order valence-electron chi connectivity index (χ2n) is 18.0. The highest BCUT2D eigenvalue weighted by atomic mass is 32.2. The summed E-state index contributed by atoms with van der Waals surface area (Å²) >= 11 is 0. The molecule has 5 rings (SSSR count). The van der Waals surface area contributed by atoms with Gasteiger partial charge in [-0.15, -0.1) is 0 Å². The number of ether oxygens (including phenoxy) is 3. The fraction of sp³-hybridized carbons (Fsp3) is 0.458. The summed E-state index contributed by atoms with van der Waals surface area (Å²) in [6.45, 7) is 10.5. The molecule has 1 aliphatic heterocycles. The SMILES string of the molecule is CC(C)ON(CC(OC(=O)N([C@H]1CCOC1)[C@@H](Cc1ccccc1)[C@@H](O)CN(OC(C)C)S(=O)(=O)c1cccc(N)c1)C(Cc1ccccc1)NC(=O)OC(C)(C)C)S(=O)(=O)c1cccc(N)c1. The van der Waals surface area contributed by atoms with E-state index in [1.807, 2.05) is 0 Å². The summed E-state index contributed by atoms with van der Waals surface area (Å²) in [6.07, 6.45) is -6.19. The third kappa shape index (κ3) is 15.3. The van der Waals surface area contributed by atoms with E-state index in [1.54, 1.807) is 109 Å². The number of amides is 2. The molecule has 2 unspecified atom stereocenters. The number of nitrogens with one attached hydrogen (secondary N) is 1. The van der Waals surface area contributed by atoms with Crippen molar-refractivity contribution in [3.05, 3.63) is 120 Å². The van der Waals surface area contributed by atoms with Crippen molar-refractivity contribution < 1.29 is 55.4 Å². The number of hydrogen-bond donors (Lipinski definition) is 4. The Morgan fingerprint density at radius 2 is 1.25 bits per heavy atom. The number of aliphatic hydroxyl groups excluding tert-OH is 1. The molecule has 4 aromatic rings. The Hall–Kier alpha value is -5.32. The van der Waals surface area contributed by atoms with Gasteiger partial charge in [0.25, 0.3) is 20.0 Å². The van der Waals surface area contributed by atoms with Gasteiger partial charge in [-0.2, -0.15) is 0 Å². The topological polar surface area (TPSA) is 243 Å². The number of hydroxylamine groups is 2. The van der Waals surface area contributed by atoms with Crippen LogP contribution in [0.1, 0.15) is 66.0 Å². The van der Waals surface area contributed by atoms with Crippen molar-refractivity contribution in [2.75, 3.05) is 37.8 Å². The number of carbonyl (C=O) groups excluding carboxylic acids is 2. The maximum atomic E-state index is 15.4. The minimum absolute atomic E-state index is 0.0118. The van der Waals surface area contributed by atoms with Crippen molar-refractivity contribution in [3.8, 4) is 0 Å². The number of hydrogen-bond acceptors (Lipinski definition) is 14. The third-order valence-corrected chi connectivity index (χ3v) is 13.7. The highest BCUT2D eigenvalue weighted by Crippen LogP contribution is 2.28. The summed E-state index contributed by atoms with van der Waals surface area (Å²) in [6, 6.07) is 26.1. The first-order chi connectivity index (χ1) is 32.0. The van der Waals surface area contributed by atoms with Crippen molar-refractivity contribution in [2.24, 2.45) is 0 Å². The molecule has 1 saturated heterocycles. The summed E-state index contributed by atoms with van der Waals surface area (Å²) in [7, 11) is -9.00. The van der Waals surface area contributed by atoms with Gasteiger partial charge in [-0.3, -0.25) is 14.6 Å².